The van der Waals surface area contributed by atoms with Gasteiger partial charge in [-0.3, -0.25) is 4.90 Å². The maximum Gasteiger partial charge on any atom is 0.175 e. The summed E-state index contributed by atoms with van der Waals surface area (Å²) in [5, 5.41) is 24.7. The molecule has 0 aromatic heterocycles. The van der Waals surface area contributed by atoms with E-state index in [9.17, 15) is 18.6 Å². The van der Waals surface area contributed by atoms with E-state index in [1.807, 2.05) is 7.05 Å². The van der Waals surface area contributed by atoms with Crippen LogP contribution in [-0.4, -0.2) is 54.8 Å². The molecule has 5 rings (SSSR count). The second-order valence-electron chi connectivity index (χ2n) is 11.3. The number of fused-ring (bicyclic) bond motifs is 1. The van der Waals surface area contributed by atoms with Gasteiger partial charge in [-0.05, 0) is 92.8 Å². The zero-order valence-electron chi connectivity index (χ0n) is 22.7. The maximum atomic E-state index is 16.2. The normalized spacial score (nSPS) is 22.3. The number of nitrogens with zero attached hydrogens (tertiary/aromatic N) is 2. The number of halogens is 3. The molecule has 10 heteroatoms. The molecule has 214 valence electrons. The highest BCUT2D eigenvalue weighted by Gasteiger charge is 2.49. The first-order valence-electron chi connectivity index (χ1n) is 13.2. The van der Waals surface area contributed by atoms with Crippen LogP contribution in [0.4, 0.5) is 4.39 Å². The molecule has 3 aromatic carbocycles. The summed E-state index contributed by atoms with van der Waals surface area (Å²) in [5.74, 6) is -0.680. The zero-order chi connectivity index (χ0) is 29.0. The third-order valence-electron chi connectivity index (χ3n) is 8.47. The van der Waals surface area contributed by atoms with E-state index < -0.39 is 27.0 Å². The Morgan fingerprint density at radius 3 is 2.30 bits per heavy atom. The predicted octanol–water partition coefficient (Wildman–Crippen LogP) is 5.29. The molecule has 2 heterocycles. The number of hydrogen-bond acceptors (Lipinski definition) is 6. The van der Waals surface area contributed by atoms with E-state index in [4.69, 9.17) is 23.2 Å². The SMILES string of the molecule is CN1CCC(C(C)(O)c2cc(F)c3c(c2)CN(Cc2ccc(Cl)cc2S(C)(=O)=O)C3(O)c2ccc(Cl)cc2)CC1. The molecule has 40 heavy (non-hydrogen) atoms. The summed E-state index contributed by atoms with van der Waals surface area (Å²) in [4.78, 5) is 3.89. The quantitative estimate of drug-likeness (QED) is 0.396. The highest BCUT2D eigenvalue weighted by molar-refractivity contribution is 7.90. The van der Waals surface area contributed by atoms with Crippen molar-refractivity contribution in [3.05, 3.63) is 98.3 Å². The molecule has 0 bridgehead atoms. The highest BCUT2D eigenvalue weighted by Crippen LogP contribution is 2.47. The summed E-state index contributed by atoms with van der Waals surface area (Å²) in [6.07, 6.45) is 2.67. The predicted molar refractivity (Wildman–Crippen MR) is 154 cm³/mol. The topological polar surface area (TPSA) is 81.1 Å². The lowest BCUT2D eigenvalue weighted by molar-refractivity contribution is -0.0777. The summed E-state index contributed by atoms with van der Waals surface area (Å²) in [7, 11) is -1.60. The second-order valence-corrected chi connectivity index (χ2v) is 14.1. The molecule has 0 radical (unpaired) electrons. The van der Waals surface area contributed by atoms with E-state index in [2.05, 4.69) is 4.90 Å². The van der Waals surface area contributed by atoms with E-state index in [1.54, 1.807) is 54.3 Å². The van der Waals surface area contributed by atoms with Crippen molar-refractivity contribution < 1.29 is 23.0 Å². The molecule has 0 aliphatic carbocycles. The molecule has 1 saturated heterocycles. The largest absolute Gasteiger partial charge is 0.385 e. The fourth-order valence-electron chi connectivity index (χ4n) is 6.14. The van der Waals surface area contributed by atoms with E-state index in [0.717, 1.165) is 32.2 Å². The van der Waals surface area contributed by atoms with Gasteiger partial charge in [0.1, 0.15) is 5.82 Å². The number of sulfone groups is 1. The average Bonchev–Trinajstić information content (AvgIpc) is 3.17. The van der Waals surface area contributed by atoms with Crippen molar-refractivity contribution in [2.75, 3.05) is 26.4 Å². The maximum absolute atomic E-state index is 16.2. The van der Waals surface area contributed by atoms with Crippen molar-refractivity contribution in [2.45, 2.75) is 49.1 Å². The monoisotopic (exact) mass is 606 g/mol. The van der Waals surface area contributed by atoms with Gasteiger partial charge < -0.3 is 15.1 Å². The van der Waals surface area contributed by atoms with Crippen molar-refractivity contribution >= 4 is 33.0 Å². The van der Waals surface area contributed by atoms with Crippen molar-refractivity contribution in [3.8, 4) is 0 Å². The Hall–Kier alpha value is -2.04. The van der Waals surface area contributed by atoms with Crippen molar-refractivity contribution in [1.29, 1.82) is 0 Å². The van der Waals surface area contributed by atoms with Gasteiger partial charge in [-0.1, -0.05) is 47.5 Å². The first-order valence-corrected chi connectivity index (χ1v) is 15.8. The number of likely N-dealkylation sites (tertiary alicyclic amines) is 1. The minimum absolute atomic E-state index is 0.00644. The number of piperidine rings is 1. The van der Waals surface area contributed by atoms with Gasteiger partial charge >= 0.3 is 0 Å². The van der Waals surface area contributed by atoms with Crippen LogP contribution in [0.3, 0.4) is 0 Å². The molecule has 2 N–H and O–H groups in total. The average molecular weight is 608 g/mol. The van der Waals surface area contributed by atoms with E-state index in [1.165, 1.54) is 12.1 Å². The lowest BCUT2D eigenvalue weighted by atomic mass is 9.76. The molecular formula is C30H33Cl2FN2O4S. The first kappa shape index (κ1) is 29.5. The van der Waals surface area contributed by atoms with Gasteiger partial charge in [0.15, 0.2) is 15.6 Å². The van der Waals surface area contributed by atoms with Crippen LogP contribution in [0, 0.1) is 11.7 Å². The molecule has 0 spiro atoms. The number of benzene rings is 3. The van der Waals surface area contributed by atoms with Crippen LogP contribution >= 0.6 is 23.2 Å². The molecule has 3 aromatic rings. The fourth-order valence-corrected chi connectivity index (χ4v) is 7.46. The second kappa shape index (κ2) is 10.7. The van der Waals surface area contributed by atoms with Crippen LogP contribution in [0.15, 0.2) is 59.5 Å². The molecule has 2 aliphatic rings. The standard InChI is InChI=1S/C30H33Cl2FN2O4S/c1-29(36,21-10-12-34(2)13-11-21)23-14-20-18-35(17-19-4-7-25(32)16-27(19)40(3,38)39)30(37,28(20)26(33)15-23)22-5-8-24(31)9-6-22/h4-9,14-16,21,36-37H,10-13,17-18H2,1-3H3. The molecule has 0 amide bonds. The minimum atomic E-state index is -3.64. The number of rotatable bonds is 6. The lowest BCUT2D eigenvalue weighted by Gasteiger charge is -2.39. The summed E-state index contributed by atoms with van der Waals surface area (Å²) in [5.41, 5.74) is -1.31. The molecule has 0 saturated carbocycles. The van der Waals surface area contributed by atoms with Crippen LogP contribution in [0.1, 0.15) is 47.6 Å². The van der Waals surface area contributed by atoms with Crippen molar-refractivity contribution in [1.82, 2.24) is 9.80 Å². The Kier molecular flexibility index (Phi) is 7.85. The van der Waals surface area contributed by atoms with Crippen LogP contribution in [0.2, 0.25) is 10.0 Å². The van der Waals surface area contributed by atoms with Crippen molar-refractivity contribution in [2.24, 2.45) is 5.92 Å². The molecule has 2 atom stereocenters. The summed E-state index contributed by atoms with van der Waals surface area (Å²) < 4.78 is 41.4. The summed E-state index contributed by atoms with van der Waals surface area (Å²) in [6.45, 7) is 3.54. The third kappa shape index (κ3) is 5.31. The number of aliphatic hydroxyl groups is 2. The fraction of sp³-hybridized carbons (Fsp3) is 0.400. The summed E-state index contributed by atoms with van der Waals surface area (Å²) >= 11 is 12.2. The molecule has 6 nitrogen and oxygen atoms in total. The Morgan fingerprint density at radius 2 is 1.68 bits per heavy atom. The molecular weight excluding hydrogens is 574 g/mol. The minimum Gasteiger partial charge on any atom is -0.385 e. The van der Waals surface area contributed by atoms with E-state index >= 15 is 4.39 Å². The Morgan fingerprint density at radius 1 is 1.05 bits per heavy atom. The van der Waals surface area contributed by atoms with E-state index in [0.29, 0.717) is 27.3 Å². The van der Waals surface area contributed by atoms with Gasteiger partial charge in [0.05, 0.1) is 10.5 Å². The van der Waals surface area contributed by atoms with E-state index in [-0.39, 0.29) is 34.5 Å². The molecule has 2 aliphatic heterocycles. The van der Waals surface area contributed by atoms with Gasteiger partial charge in [-0.25, -0.2) is 12.8 Å². The highest BCUT2D eigenvalue weighted by atomic mass is 35.5. The summed E-state index contributed by atoms with van der Waals surface area (Å²) in [6, 6.07) is 14.2. The molecule has 2 unspecified atom stereocenters. The van der Waals surface area contributed by atoms with Crippen molar-refractivity contribution in [3.63, 3.8) is 0 Å². The van der Waals surface area contributed by atoms with Crippen LogP contribution < -0.4 is 0 Å². The smallest absolute Gasteiger partial charge is 0.175 e. The van der Waals surface area contributed by atoms with Gasteiger partial charge in [-0.15, -0.1) is 0 Å². The Balaban J connectivity index is 1.61. The first-order chi connectivity index (χ1) is 18.7. The van der Waals surface area contributed by atoms with Gasteiger partial charge in [0, 0.05) is 40.5 Å². The van der Waals surface area contributed by atoms with Crippen LogP contribution in [0.25, 0.3) is 0 Å². The lowest BCUT2D eigenvalue weighted by Crippen LogP contribution is -2.42. The third-order valence-corrected chi connectivity index (χ3v) is 10.1. The Bertz CT molecular complexity index is 1540. The zero-order valence-corrected chi connectivity index (χ0v) is 25.0. The Labute approximate surface area is 244 Å². The molecule has 1 fully saturated rings. The van der Waals surface area contributed by atoms with Crippen LogP contribution in [-0.2, 0) is 34.3 Å². The number of hydrogen-bond donors (Lipinski definition) is 2. The van der Waals surface area contributed by atoms with Gasteiger partial charge in [-0.2, -0.15) is 0 Å². The van der Waals surface area contributed by atoms with Gasteiger partial charge in [0.2, 0.25) is 0 Å². The van der Waals surface area contributed by atoms with Crippen LogP contribution in [0.5, 0.6) is 0 Å². The van der Waals surface area contributed by atoms with Gasteiger partial charge in [0.25, 0.3) is 0 Å².